The lowest BCUT2D eigenvalue weighted by Crippen LogP contribution is -1.85. The molecule has 0 bridgehead atoms. The van der Waals surface area contributed by atoms with Gasteiger partial charge >= 0.3 is 0 Å². The fourth-order valence-electron chi connectivity index (χ4n) is 0.903. The van der Waals surface area contributed by atoms with Gasteiger partial charge in [-0.2, -0.15) is 0 Å². The molecule has 1 aromatic rings. The van der Waals surface area contributed by atoms with Gasteiger partial charge in [0.05, 0.1) is 10.5 Å². The third-order valence-electron chi connectivity index (χ3n) is 1.40. The minimum Gasteiger partial charge on any atom is -0.496 e. The van der Waals surface area contributed by atoms with E-state index in [9.17, 15) is 0 Å². The first-order valence-corrected chi connectivity index (χ1v) is 4.98. The van der Waals surface area contributed by atoms with Gasteiger partial charge in [-0.1, -0.05) is 18.2 Å². The minimum absolute atomic E-state index is 0.869. The number of benzene rings is 1. The van der Waals surface area contributed by atoms with Gasteiger partial charge in [-0.25, -0.2) is 0 Å². The first-order chi connectivity index (χ1) is 5.74. The summed E-state index contributed by atoms with van der Waals surface area (Å²) in [6.07, 6.45) is 1.94. The maximum Gasteiger partial charge on any atom is 0.126 e. The van der Waals surface area contributed by atoms with Crippen LogP contribution in [0.25, 0.3) is 6.08 Å². The molecule has 0 saturated carbocycles. The van der Waals surface area contributed by atoms with Gasteiger partial charge in [-0.3, -0.25) is 0 Å². The van der Waals surface area contributed by atoms with E-state index in [1.165, 1.54) is 0 Å². The van der Waals surface area contributed by atoms with Gasteiger partial charge in [0, 0.05) is 5.56 Å². The third-order valence-corrected chi connectivity index (χ3v) is 1.86. The van der Waals surface area contributed by atoms with Gasteiger partial charge in [-0.05, 0) is 44.0 Å². The first kappa shape index (κ1) is 9.81. The second-order valence-corrected chi connectivity index (χ2v) is 4.95. The largest absolute Gasteiger partial charge is 0.496 e. The Morgan fingerprint density at radius 2 is 2.00 bits per heavy atom. The molecule has 1 aromatic carbocycles. The van der Waals surface area contributed by atoms with Crippen molar-refractivity contribution < 1.29 is 4.74 Å². The van der Waals surface area contributed by atoms with Crippen LogP contribution in [-0.4, -0.2) is 7.11 Å². The third kappa shape index (κ3) is 2.64. The zero-order chi connectivity index (χ0) is 8.97. The van der Waals surface area contributed by atoms with E-state index in [0.717, 1.165) is 14.7 Å². The lowest BCUT2D eigenvalue weighted by molar-refractivity contribution is 0.414. The molecule has 0 unspecified atom stereocenters. The van der Waals surface area contributed by atoms with Crippen LogP contribution in [-0.2, 0) is 0 Å². The summed E-state index contributed by atoms with van der Waals surface area (Å²) in [6.45, 7) is 0. The molecule has 0 N–H and O–H groups in total. The van der Waals surface area contributed by atoms with E-state index < -0.39 is 0 Å². The second-order valence-electron chi connectivity index (χ2n) is 2.18. The fraction of sp³-hybridized carbons (Fsp3) is 0.111. The Hall–Kier alpha value is -0.280. The Balaban J connectivity index is 3.05. The summed E-state index contributed by atoms with van der Waals surface area (Å²) >= 11 is 6.59. The Kier molecular flexibility index (Phi) is 3.82. The van der Waals surface area contributed by atoms with Crippen LogP contribution in [0.2, 0.25) is 0 Å². The number of hydrogen-bond acceptors (Lipinski definition) is 1. The van der Waals surface area contributed by atoms with Crippen LogP contribution < -0.4 is 4.74 Å². The second kappa shape index (κ2) is 4.67. The molecule has 3 heteroatoms. The molecule has 0 spiro atoms. The Bertz CT molecular complexity index is 290. The van der Waals surface area contributed by atoms with Crippen LogP contribution in [0.3, 0.4) is 0 Å². The Morgan fingerprint density at radius 3 is 2.58 bits per heavy atom. The van der Waals surface area contributed by atoms with E-state index in [1.54, 1.807) is 7.11 Å². The summed E-state index contributed by atoms with van der Waals surface area (Å²) in [5, 5.41) is 0. The van der Waals surface area contributed by atoms with Crippen LogP contribution in [0, 0.1) is 0 Å². The van der Waals surface area contributed by atoms with Gasteiger partial charge in [0.25, 0.3) is 0 Å². The van der Waals surface area contributed by atoms with Crippen molar-refractivity contribution in [1.82, 2.24) is 0 Å². The lowest BCUT2D eigenvalue weighted by Gasteiger charge is -2.02. The van der Waals surface area contributed by atoms with Gasteiger partial charge in [0.15, 0.2) is 0 Å². The number of para-hydroxylation sites is 1. The topological polar surface area (TPSA) is 9.23 Å². The van der Waals surface area contributed by atoms with Crippen LogP contribution in [0.15, 0.2) is 27.7 Å². The molecule has 0 aliphatic rings. The monoisotopic (exact) mass is 290 g/mol. The molecular formula is C9H8Br2O. The first-order valence-electron chi connectivity index (χ1n) is 3.40. The number of rotatable bonds is 2. The number of methoxy groups -OCH3 is 1. The van der Waals surface area contributed by atoms with Gasteiger partial charge in [0.1, 0.15) is 5.75 Å². The van der Waals surface area contributed by atoms with Crippen molar-refractivity contribution in [3.05, 3.63) is 33.2 Å². The average Bonchev–Trinajstić information content (AvgIpc) is 2.04. The van der Waals surface area contributed by atoms with Crippen LogP contribution in [0.4, 0.5) is 0 Å². The molecule has 0 radical (unpaired) electrons. The highest BCUT2D eigenvalue weighted by molar-refractivity contribution is 9.28. The summed E-state index contributed by atoms with van der Waals surface area (Å²) in [7, 11) is 1.66. The molecule has 0 amide bonds. The van der Waals surface area contributed by atoms with Crippen LogP contribution in [0.1, 0.15) is 5.56 Å². The van der Waals surface area contributed by atoms with Crippen LogP contribution >= 0.6 is 31.9 Å². The summed E-state index contributed by atoms with van der Waals surface area (Å²) in [4.78, 5) is 0. The van der Waals surface area contributed by atoms with E-state index >= 15 is 0 Å². The molecule has 1 nitrogen and oxygen atoms in total. The average molecular weight is 292 g/mol. The summed E-state index contributed by atoms with van der Waals surface area (Å²) in [5.74, 6) is 0.869. The maximum absolute atomic E-state index is 5.16. The molecular weight excluding hydrogens is 284 g/mol. The molecule has 0 fully saturated rings. The highest BCUT2D eigenvalue weighted by atomic mass is 79.9. The van der Waals surface area contributed by atoms with E-state index in [2.05, 4.69) is 31.9 Å². The molecule has 12 heavy (non-hydrogen) atoms. The molecule has 0 saturated heterocycles. The number of ether oxygens (including phenoxy) is 1. The smallest absolute Gasteiger partial charge is 0.126 e. The molecule has 0 aliphatic heterocycles. The van der Waals surface area contributed by atoms with Crippen LogP contribution in [0.5, 0.6) is 5.75 Å². The lowest BCUT2D eigenvalue weighted by atomic mass is 10.2. The van der Waals surface area contributed by atoms with Gasteiger partial charge < -0.3 is 4.74 Å². The summed E-state index contributed by atoms with van der Waals surface area (Å²) in [5.41, 5.74) is 1.05. The van der Waals surface area contributed by atoms with Crippen molar-refractivity contribution in [3.63, 3.8) is 0 Å². The summed E-state index contributed by atoms with van der Waals surface area (Å²) < 4.78 is 6.06. The SMILES string of the molecule is COc1ccccc1C=C(Br)Br. The van der Waals surface area contributed by atoms with E-state index in [-0.39, 0.29) is 0 Å². The highest BCUT2D eigenvalue weighted by Gasteiger charge is 1.97. The molecule has 0 aromatic heterocycles. The standard InChI is InChI=1S/C9H8Br2O/c1-12-8-5-3-2-4-7(8)6-9(10)11/h2-6H,1H3. The van der Waals surface area contributed by atoms with Crippen molar-refractivity contribution in [3.8, 4) is 5.75 Å². The highest BCUT2D eigenvalue weighted by Crippen LogP contribution is 2.24. The van der Waals surface area contributed by atoms with Gasteiger partial charge in [0.2, 0.25) is 0 Å². The molecule has 0 heterocycles. The normalized spacial score (nSPS) is 9.25. The van der Waals surface area contributed by atoms with E-state index in [1.807, 2.05) is 30.3 Å². The Morgan fingerprint density at radius 1 is 1.33 bits per heavy atom. The molecule has 0 atom stereocenters. The number of halogens is 2. The van der Waals surface area contributed by atoms with Crippen molar-refractivity contribution in [2.24, 2.45) is 0 Å². The van der Waals surface area contributed by atoms with Crippen molar-refractivity contribution in [2.75, 3.05) is 7.11 Å². The Labute approximate surface area is 88.7 Å². The van der Waals surface area contributed by atoms with Crippen molar-refractivity contribution in [1.29, 1.82) is 0 Å². The number of hydrogen-bond donors (Lipinski definition) is 0. The summed E-state index contributed by atoms with van der Waals surface area (Å²) in [6, 6.07) is 7.83. The predicted octanol–water partition coefficient (Wildman–Crippen LogP) is 3.78. The van der Waals surface area contributed by atoms with Crippen molar-refractivity contribution in [2.45, 2.75) is 0 Å². The van der Waals surface area contributed by atoms with E-state index in [4.69, 9.17) is 4.74 Å². The fourth-order valence-corrected chi connectivity index (χ4v) is 1.40. The molecule has 64 valence electrons. The predicted molar refractivity (Wildman–Crippen MR) is 58.8 cm³/mol. The zero-order valence-electron chi connectivity index (χ0n) is 6.55. The quantitative estimate of drug-likeness (QED) is 0.806. The molecule has 0 aliphatic carbocycles. The zero-order valence-corrected chi connectivity index (χ0v) is 9.72. The van der Waals surface area contributed by atoms with Gasteiger partial charge in [-0.15, -0.1) is 0 Å². The maximum atomic E-state index is 5.16. The van der Waals surface area contributed by atoms with Crippen molar-refractivity contribution >= 4 is 37.9 Å². The minimum atomic E-state index is 0.869. The van der Waals surface area contributed by atoms with E-state index in [0.29, 0.717) is 0 Å². The molecule has 1 rings (SSSR count).